The summed E-state index contributed by atoms with van der Waals surface area (Å²) in [7, 11) is 0. The minimum absolute atomic E-state index is 0.0145. The molecule has 0 aliphatic rings. The second kappa shape index (κ2) is 6.41. The van der Waals surface area contributed by atoms with Gasteiger partial charge in [0.2, 0.25) is 0 Å². The lowest BCUT2D eigenvalue weighted by Gasteiger charge is -2.24. The van der Waals surface area contributed by atoms with Crippen LogP contribution in [0.15, 0.2) is 0 Å². The van der Waals surface area contributed by atoms with E-state index in [-0.39, 0.29) is 17.9 Å². The molecule has 0 spiro atoms. The molecule has 0 aliphatic heterocycles. The monoisotopic (exact) mass is 212 g/mol. The number of nitrogens with zero attached hydrogens (tertiary/aromatic N) is 1. The summed E-state index contributed by atoms with van der Waals surface area (Å²) in [5, 5.41) is 20.2. The quantitative estimate of drug-likeness (QED) is 0.674. The Morgan fingerprint density at radius 3 is 2.60 bits per heavy atom. The molecule has 4 nitrogen and oxygen atoms in total. The number of nitriles is 1. The van der Waals surface area contributed by atoms with E-state index in [1.807, 2.05) is 6.92 Å². The second-order valence-corrected chi connectivity index (χ2v) is 4.61. The minimum Gasteiger partial charge on any atom is -0.481 e. The molecular weight excluding hydrogens is 192 g/mol. The molecular formula is C11H20N2O2. The summed E-state index contributed by atoms with van der Waals surface area (Å²) < 4.78 is 0. The number of aliphatic carboxylic acids is 1. The normalized spacial score (nSPS) is 13.2. The van der Waals surface area contributed by atoms with E-state index in [0.717, 1.165) is 13.0 Å². The first kappa shape index (κ1) is 13.9. The maximum absolute atomic E-state index is 10.4. The summed E-state index contributed by atoms with van der Waals surface area (Å²) in [5.74, 6) is -0.749. The first-order chi connectivity index (χ1) is 6.87. The third kappa shape index (κ3) is 7.95. The third-order valence-corrected chi connectivity index (χ3v) is 2.46. The van der Waals surface area contributed by atoms with E-state index in [1.54, 1.807) is 0 Å². The van der Waals surface area contributed by atoms with Crippen LogP contribution < -0.4 is 5.32 Å². The zero-order valence-electron chi connectivity index (χ0n) is 9.71. The SMILES string of the molecule is CC(C#N)NCCC(C)(C)CCC(=O)O. The van der Waals surface area contributed by atoms with E-state index in [4.69, 9.17) is 10.4 Å². The standard InChI is InChI=1S/C11H20N2O2/c1-9(8-12)13-7-6-11(2,3)5-4-10(14)15/h9,13H,4-7H2,1-3H3,(H,14,15). The third-order valence-electron chi connectivity index (χ3n) is 2.46. The van der Waals surface area contributed by atoms with E-state index in [0.29, 0.717) is 6.42 Å². The second-order valence-electron chi connectivity index (χ2n) is 4.61. The molecule has 86 valence electrons. The molecule has 0 aromatic rings. The Morgan fingerprint density at radius 2 is 2.13 bits per heavy atom. The van der Waals surface area contributed by atoms with Gasteiger partial charge in [0.15, 0.2) is 0 Å². The van der Waals surface area contributed by atoms with Crippen molar-refractivity contribution < 1.29 is 9.90 Å². The molecule has 15 heavy (non-hydrogen) atoms. The van der Waals surface area contributed by atoms with Gasteiger partial charge in [-0.25, -0.2) is 0 Å². The fourth-order valence-corrected chi connectivity index (χ4v) is 1.24. The Hall–Kier alpha value is -1.08. The van der Waals surface area contributed by atoms with Crippen molar-refractivity contribution in [1.29, 1.82) is 5.26 Å². The van der Waals surface area contributed by atoms with Crippen LogP contribution in [-0.2, 0) is 4.79 Å². The first-order valence-electron chi connectivity index (χ1n) is 5.22. The molecule has 0 rings (SSSR count). The predicted molar refractivity (Wildman–Crippen MR) is 58.3 cm³/mol. The van der Waals surface area contributed by atoms with Crippen molar-refractivity contribution in [3.8, 4) is 6.07 Å². The number of hydrogen-bond acceptors (Lipinski definition) is 3. The van der Waals surface area contributed by atoms with Gasteiger partial charge in [-0.1, -0.05) is 13.8 Å². The van der Waals surface area contributed by atoms with Gasteiger partial charge in [0.25, 0.3) is 0 Å². The van der Waals surface area contributed by atoms with Gasteiger partial charge in [-0.15, -0.1) is 0 Å². The molecule has 2 N–H and O–H groups in total. The van der Waals surface area contributed by atoms with Gasteiger partial charge in [-0.2, -0.15) is 5.26 Å². The molecule has 1 atom stereocenters. The number of rotatable bonds is 7. The molecule has 0 bridgehead atoms. The number of carbonyl (C=O) groups is 1. The van der Waals surface area contributed by atoms with Gasteiger partial charge >= 0.3 is 5.97 Å². The summed E-state index contributed by atoms with van der Waals surface area (Å²) in [5.41, 5.74) is 0.0145. The highest BCUT2D eigenvalue weighted by Gasteiger charge is 2.18. The van der Waals surface area contributed by atoms with Crippen LogP contribution in [0.25, 0.3) is 0 Å². The van der Waals surface area contributed by atoms with Crippen molar-refractivity contribution in [2.24, 2.45) is 5.41 Å². The van der Waals surface area contributed by atoms with E-state index in [2.05, 4.69) is 25.2 Å². The van der Waals surface area contributed by atoms with Crippen LogP contribution >= 0.6 is 0 Å². The minimum atomic E-state index is -0.749. The molecule has 0 fully saturated rings. The Kier molecular flexibility index (Phi) is 5.95. The number of carboxylic acids is 1. The number of carboxylic acid groups (broad SMARTS) is 1. The Morgan fingerprint density at radius 1 is 1.53 bits per heavy atom. The molecule has 1 unspecified atom stereocenters. The van der Waals surface area contributed by atoms with Crippen LogP contribution in [0.3, 0.4) is 0 Å². The molecule has 0 aliphatic carbocycles. The Labute approximate surface area is 91.3 Å². The Bertz CT molecular complexity index is 243. The molecule has 0 aromatic heterocycles. The van der Waals surface area contributed by atoms with Crippen LogP contribution in [-0.4, -0.2) is 23.7 Å². The summed E-state index contributed by atoms with van der Waals surface area (Å²) in [6, 6.07) is 1.96. The fraction of sp³-hybridized carbons (Fsp3) is 0.818. The first-order valence-corrected chi connectivity index (χ1v) is 5.22. The predicted octanol–water partition coefficient (Wildman–Crippen LogP) is 1.77. The average molecular weight is 212 g/mol. The zero-order valence-corrected chi connectivity index (χ0v) is 9.71. The Balaban J connectivity index is 3.74. The van der Waals surface area contributed by atoms with Crippen molar-refractivity contribution in [1.82, 2.24) is 5.32 Å². The van der Waals surface area contributed by atoms with Gasteiger partial charge < -0.3 is 10.4 Å². The number of nitrogens with one attached hydrogen (secondary N) is 1. The maximum atomic E-state index is 10.4. The lowest BCUT2D eigenvalue weighted by molar-refractivity contribution is -0.137. The summed E-state index contributed by atoms with van der Waals surface area (Å²) >= 11 is 0. The topological polar surface area (TPSA) is 73.1 Å². The van der Waals surface area contributed by atoms with E-state index < -0.39 is 5.97 Å². The van der Waals surface area contributed by atoms with Crippen LogP contribution in [0.4, 0.5) is 0 Å². The lowest BCUT2D eigenvalue weighted by Crippen LogP contribution is -2.29. The van der Waals surface area contributed by atoms with Crippen LogP contribution in [0.2, 0.25) is 0 Å². The average Bonchev–Trinajstić information content (AvgIpc) is 2.14. The molecule has 0 aromatic carbocycles. The van der Waals surface area contributed by atoms with Crippen LogP contribution in [0.1, 0.15) is 40.0 Å². The fourth-order valence-electron chi connectivity index (χ4n) is 1.24. The van der Waals surface area contributed by atoms with Crippen molar-refractivity contribution in [2.75, 3.05) is 6.54 Å². The van der Waals surface area contributed by atoms with Gasteiger partial charge in [0, 0.05) is 6.42 Å². The van der Waals surface area contributed by atoms with Crippen molar-refractivity contribution in [2.45, 2.75) is 46.1 Å². The lowest BCUT2D eigenvalue weighted by atomic mass is 9.84. The van der Waals surface area contributed by atoms with Crippen LogP contribution in [0.5, 0.6) is 0 Å². The molecule has 0 saturated carbocycles. The van der Waals surface area contributed by atoms with Gasteiger partial charge in [0.1, 0.15) is 0 Å². The van der Waals surface area contributed by atoms with E-state index in [1.165, 1.54) is 0 Å². The summed E-state index contributed by atoms with van der Waals surface area (Å²) in [6.45, 7) is 6.66. The van der Waals surface area contributed by atoms with Crippen molar-refractivity contribution in [3.05, 3.63) is 0 Å². The van der Waals surface area contributed by atoms with E-state index >= 15 is 0 Å². The van der Waals surface area contributed by atoms with Gasteiger partial charge in [-0.3, -0.25) is 4.79 Å². The molecule has 0 amide bonds. The van der Waals surface area contributed by atoms with Gasteiger partial charge in [-0.05, 0) is 31.7 Å². The molecule has 0 radical (unpaired) electrons. The molecule has 0 saturated heterocycles. The number of hydrogen-bond donors (Lipinski definition) is 2. The summed E-state index contributed by atoms with van der Waals surface area (Å²) in [4.78, 5) is 10.4. The highest BCUT2D eigenvalue weighted by Crippen LogP contribution is 2.25. The molecule has 0 heterocycles. The highest BCUT2D eigenvalue weighted by atomic mass is 16.4. The van der Waals surface area contributed by atoms with Crippen LogP contribution in [0, 0.1) is 16.7 Å². The molecule has 4 heteroatoms. The highest BCUT2D eigenvalue weighted by molar-refractivity contribution is 5.66. The largest absolute Gasteiger partial charge is 0.481 e. The smallest absolute Gasteiger partial charge is 0.303 e. The van der Waals surface area contributed by atoms with E-state index in [9.17, 15) is 4.79 Å². The van der Waals surface area contributed by atoms with Gasteiger partial charge in [0.05, 0.1) is 12.1 Å². The summed E-state index contributed by atoms with van der Waals surface area (Å²) in [6.07, 6.45) is 1.76. The zero-order chi connectivity index (χ0) is 11.9. The van der Waals surface area contributed by atoms with Crippen molar-refractivity contribution >= 4 is 5.97 Å². The maximum Gasteiger partial charge on any atom is 0.303 e. The van der Waals surface area contributed by atoms with Crippen molar-refractivity contribution in [3.63, 3.8) is 0 Å².